The first-order chi connectivity index (χ1) is 7.90. The smallest absolute Gasteiger partial charge is 0.301 e. The van der Waals surface area contributed by atoms with E-state index in [1.54, 1.807) is 13.8 Å². The highest BCUT2D eigenvalue weighted by atomic mass is 32.2. The topological polar surface area (TPSA) is 75.4 Å². The van der Waals surface area contributed by atoms with E-state index in [-0.39, 0.29) is 11.4 Å². The van der Waals surface area contributed by atoms with Gasteiger partial charge in [0, 0.05) is 13.1 Å². The van der Waals surface area contributed by atoms with Gasteiger partial charge in [-0.05, 0) is 18.2 Å². The molecule has 0 radical (unpaired) electrons. The molecule has 5 nitrogen and oxygen atoms in total. The van der Waals surface area contributed by atoms with Crippen LogP contribution in [0.4, 0.5) is 15.8 Å². The molecule has 0 unspecified atom stereocenters. The van der Waals surface area contributed by atoms with E-state index in [9.17, 15) is 12.8 Å². The average Bonchev–Trinajstić information content (AvgIpc) is 2.23. The number of halogens is 1. The van der Waals surface area contributed by atoms with E-state index >= 15 is 0 Å². The second-order valence-corrected chi connectivity index (χ2v) is 5.09. The third-order valence-electron chi connectivity index (χ3n) is 2.30. The van der Waals surface area contributed by atoms with Crippen LogP contribution in [0.3, 0.4) is 0 Å². The van der Waals surface area contributed by atoms with Gasteiger partial charge in [0.1, 0.15) is 5.82 Å². The van der Waals surface area contributed by atoms with Gasteiger partial charge in [-0.3, -0.25) is 4.72 Å². The fraction of sp³-hybridized carbons (Fsp3) is 0.400. The van der Waals surface area contributed by atoms with Gasteiger partial charge in [0.05, 0.1) is 11.4 Å². The molecule has 0 spiro atoms. The fourth-order valence-corrected chi connectivity index (χ4v) is 2.67. The Morgan fingerprint density at radius 3 is 2.41 bits per heavy atom. The van der Waals surface area contributed by atoms with Crippen molar-refractivity contribution in [3.8, 4) is 0 Å². The Balaban J connectivity index is 2.98. The standard InChI is InChI=1S/C10H16FN3O2S/c1-3-14(4-2)17(15,16)13-10-6-5-8(11)7-9(10)12/h5-7,13H,3-4,12H2,1-2H3. The van der Waals surface area contributed by atoms with Gasteiger partial charge in [-0.2, -0.15) is 12.7 Å². The lowest BCUT2D eigenvalue weighted by atomic mass is 10.3. The van der Waals surface area contributed by atoms with Crippen molar-refractivity contribution in [2.24, 2.45) is 0 Å². The van der Waals surface area contributed by atoms with E-state index in [0.717, 1.165) is 12.1 Å². The Morgan fingerprint density at radius 2 is 1.94 bits per heavy atom. The quantitative estimate of drug-likeness (QED) is 0.787. The summed E-state index contributed by atoms with van der Waals surface area (Å²) >= 11 is 0. The van der Waals surface area contributed by atoms with Crippen molar-refractivity contribution in [3.63, 3.8) is 0 Å². The molecule has 0 aromatic heterocycles. The van der Waals surface area contributed by atoms with Crippen LogP contribution in [0.1, 0.15) is 13.8 Å². The summed E-state index contributed by atoms with van der Waals surface area (Å²) in [5.74, 6) is -0.506. The van der Waals surface area contributed by atoms with E-state index in [0.29, 0.717) is 13.1 Å². The lowest BCUT2D eigenvalue weighted by molar-refractivity contribution is 0.449. The van der Waals surface area contributed by atoms with Crippen LogP contribution in [0.2, 0.25) is 0 Å². The second kappa shape index (κ2) is 5.33. The number of benzene rings is 1. The maximum atomic E-state index is 12.8. The molecule has 0 heterocycles. The van der Waals surface area contributed by atoms with Crippen molar-refractivity contribution in [2.75, 3.05) is 23.5 Å². The number of nitrogens with two attached hydrogens (primary N) is 1. The van der Waals surface area contributed by atoms with Crippen molar-refractivity contribution < 1.29 is 12.8 Å². The maximum absolute atomic E-state index is 12.8. The largest absolute Gasteiger partial charge is 0.397 e. The molecule has 0 aliphatic rings. The number of rotatable bonds is 5. The molecule has 0 saturated heterocycles. The van der Waals surface area contributed by atoms with Crippen LogP contribution in [0.5, 0.6) is 0 Å². The highest BCUT2D eigenvalue weighted by Gasteiger charge is 2.19. The lowest BCUT2D eigenvalue weighted by Gasteiger charge is -2.20. The summed E-state index contributed by atoms with van der Waals surface area (Å²) in [5.41, 5.74) is 5.76. The number of hydrogen-bond acceptors (Lipinski definition) is 3. The highest BCUT2D eigenvalue weighted by Crippen LogP contribution is 2.21. The molecule has 0 aliphatic carbocycles. The Morgan fingerprint density at radius 1 is 1.35 bits per heavy atom. The molecule has 0 bridgehead atoms. The van der Waals surface area contributed by atoms with Crippen LogP contribution in [-0.4, -0.2) is 25.8 Å². The molecule has 0 fully saturated rings. The van der Waals surface area contributed by atoms with Crippen molar-refractivity contribution in [1.82, 2.24) is 4.31 Å². The molecule has 0 aliphatic heterocycles. The SMILES string of the molecule is CCN(CC)S(=O)(=O)Nc1ccc(F)cc1N. The number of nitrogens with zero attached hydrogens (tertiary/aromatic N) is 1. The van der Waals surface area contributed by atoms with Crippen molar-refractivity contribution >= 4 is 21.6 Å². The molecule has 1 rings (SSSR count). The molecule has 0 saturated carbocycles. The van der Waals surface area contributed by atoms with E-state index < -0.39 is 16.0 Å². The van der Waals surface area contributed by atoms with Gasteiger partial charge in [0.15, 0.2) is 0 Å². The number of nitrogens with one attached hydrogen (secondary N) is 1. The van der Waals surface area contributed by atoms with Gasteiger partial charge in [0.25, 0.3) is 0 Å². The highest BCUT2D eigenvalue weighted by molar-refractivity contribution is 7.90. The van der Waals surface area contributed by atoms with E-state index in [1.165, 1.54) is 10.4 Å². The van der Waals surface area contributed by atoms with Gasteiger partial charge in [-0.25, -0.2) is 4.39 Å². The first-order valence-electron chi connectivity index (χ1n) is 5.23. The third kappa shape index (κ3) is 3.31. The molecular weight excluding hydrogens is 245 g/mol. The Bertz CT molecular complexity index is 486. The summed E-state index contributed by atoms with van der Waals surface area (Å²) in [5, 5.41) is 0. The molecule has 3 N–H and O–H groups in total. The van der Waals surface area contributed by atoms with Gasteiger partial charge in [-0.15, -0.1) is 0 Å². The number of hydrogen-bond donors (Lipinski definition) is 2. The number of nitrogen functional groups attached to an aromatic ring is 1. The first kappa shape index (κ1) is 13.7. The van der Waals surface area contributed by atoms with Crippen LogP contribution in [0, 0.1) is 5.82 Å². The Kier molecular flexibility index (Phi) is 4.30. The van der Waals surface area contributed by atoms with Crippen LogP contribution in [0.15, 0.2) is 18.2 Å². The van der Waals surface area contributed by atoms with Gasteiger partial charge in [-0.1, -0.05) is 13.8 Å². The summed E-state index contributed by atoms with van der Waals surface area (Å²) in [6, 6.07) is 3.52. The minimum absolute atomic E-state index is 0.0562. The zero-order chi connectivity index (χ0) is 13.1. The average molecular weight is 261 g/mol. The summed E-state index contributed by atoms with van der Waals surface area (Å²) in [6.45, 7) is 4.17. The van der Waals surface area contributed by atoms with E-state index in [4.69, 9.17) is 5.73 Å². The fourth-order valence-electron chi connectivity index (χ4n) is 1.39. The second-order valence-electron chi connectivity index (χ2n) is 3.42. The maximum Gasteiger partial charge on any atom is 0.301 e. The zero-order valence-corrected chi connectivity index (χ0v) is 10.6. The molecule has 0 amide bonds. The predicted octanol–water partition coefficient (Wildman–Crippen LogP) is 1.41. The van der Waals surface area contributed by atoms with Crippen molar-refractivity contribution in [3.05, 3.63) is 24.0 Å². The van der Waals surface area contributed by atoms with Crippen LogP contribution in [0.25, 0.3) is 0 Å². The molecule has 7 heteroatoms. The molecule has 17 heavy (non-hydrogen) atoms. The van der Waals surface area contributed by atoms with Gasteiger partial charge >= 0.3 is 10.2 Å². The lowest BCUT2D eigenvalue weighted by Crippen LogP contribution is -2.35. The third-order valence-corrected chi connectivity index (χ3v) is 3.97. The molecular formula is C10H16FN3O2S. The van der Waals surface area contributed by atoms with E-state index in [1.807, 2.05) is 0 Å². The molecule has 96 valence electrons. The van der Waals surface area contributed by atoms with Crippen molar-refractivity contribution in [2.45, 2.75) is 13.8 Å². The van der Waals surface area contributed by atoms with Crippen LogP contribution >= 0.6 is 0 Å². The normalized spacial score (nSPS) is 11.8. The molecule has 0 atom stereocenters. The van der Waals surface area contributed by atoms with Gasteiger partial charge < -0.3 is 5.73 Å². The molecule has 1 aromatic carbocycles. The Hall–Kier alpha value is -1.34. The zero-order valence-electron chi connectivity index (χ0n) is 9.77. The van der Waals surface area contributed by atoms with Crippen LogP contribution < -0.4 is 10.5 Å². The predicted molar refractivity (Wildman–Crippen MR) is 66.3 cm³/mol. The van der Waals surface area contributed by atoms with Crippen molar-refractivity contribution in [1.29, 1.82) is 0 Å². The van der Waals surface area contributed by atoms with Gasteiger partial charge in [0.2, 0.25) is 0 Å². The first-order valence-corrected chi connectivity index (χ1v) is 6.67. The molecule has 1 aromatic rings. The number of anilines is 2. The summed E-state index contributed by atoms with van der Waals surface area (Å²) in [4.78, 5) is 0. The minimum atomic E-state index is -3.63. The summed E-state index contributed by atoms with van der Waals surface area (Å²) in [7, 11) is -3.63. The Labute approximate surface area is 101 Å². The van der Waals surface area contributed by atoms with Crippen LogP contribution in [-0.2, 0) is 10.2 Å². The minimum Gasteiger partial charge on any atom is -0.397 e. The monoisotopic (exact) mass is 261 g/mol. The summed E-state index contributed by atoms with van der Waals surface area (Å²) in [6.07, 6.45) is 0. The van der Waals surface area contributed by atoms with E-state index in [2.05, 4.69) is 4.72 Å². The summed E-state index contributed by atoms with van der Waals surface area (Å²) < 4.78 is 40.1.